The number of aromatic amines is 1. The van der Waals surface area contributed by atoms with E-state index in [0.29, 0.717) is 32.3 Å². The highest BCUT2D eigenvalue weighted by Crippen LogP contribution is 2.22. The van der Waals surface area contributed by atoms with Crippen molar-refractivity contribution in [2.75, 3.05) is 19.8 Å². The highest BCUT2D eigenvalue weighted by atomic mass is 32.2. The average molecular weight is 314 g/mol. The van der Waals surface area contributed by atoms with Gasteiger partial charge in [0.2, 0.25) is 0 Å². The normalized spacial score (nSPS) is 22.8. The molecule has 1 saturated heterocycles. The fourth-order valence-electron chi connectivity index (χ4n) is 2.43. The average Bonchev–Trinajstić information content (AvgIpc) is 2.98. The summed E-state index contributed by atoms with van der Waals surface area (Å²) in [4.78, 5) is 0. The molecule has 8 heteroatoms. The summed E-state index contributed by atoms with van der Waals surface area (Å²) in [7, 11) is -3.57. The minimum absolute atomic E-state index is 0.118. The Morgan fingerprint density at radius 3 is 2.86 bits per heavy atom. The van der Waals surface area contributed by atoms with E-state index in [2.05, 4.69) is 20.2 Å². The van der Waals surface area contributed by atoms with Crippen LogP contribution in [0, 0.1) is 12.8 Å². The summed E-state index contributed by atoms with van der Waals surface area (Å²) < 4.78 is 32.8. The lowest BCUT2D eigenvalue weighted by atomic mass is 10.1. The van der Waals surface area contributed by atoms with E-state index in [-0.39, 0.29) is 10.9 Å². The van der Waals surface area contributed by atoms with Crippen molar-refractivity contribution >= 4 is 10.0 Å². The number of rotatable bonds is 7. The monoisotopic (exact) mass is 314 g/mol. The van der Waals surface area contributed by atoms with Gasteiger partial charge in [0.25, 0.3) is 10.0 Å². The van der Waals surface area contributed by atoms with Crippen molar-refractivity contribution in [2.24, 2.45) is 5.92 Å². The van der Waals surface area contributed by atoms with Gasteiger partial charge in [0.15, 0.2) is 5.03 Å². The molecule has 0 spiro atoms. The van der Waals surface area contributed by atoms with Gasteiger partial charge in [0.1, 0.15) is 0 Å². The van der Waals surface area contributed by atoms with E-state index in [4.69, 9.17) is 4.74 Å². The van der Waals surface area contributed by atoms with E-state index in [0.717, 1.165) is 17.7 Å². The Kier molecular flexibility index (Phi) is 4.30. The molecule has 0 bridgehead atoms. The van der Waals surface area contributed by atoms with Gasteiger partial charge >= 0.3 is 0 Å². The van der Waals surface area contributed by atoms with Crippen LogP contribution in [0.5, 0.6) is 0 Å². The number of hydrogen-bond acceptors (Lipinski definition) is 5. The van der Waals surface area contributed by atoms with Crippen molar-refractivity contribution in [3.63, 3.8) is 0 Å². The maximum absolute atomic E-state index is 12.4. The molecule has 1 unspecified atom stereocenters. The Bertz CT molecular complexity index is 589. The van der Waals surface area contributed by atoms with E-state index in [1.807, 2.05) is 6.92 Å². The number of aryl methyl sites for hydroxylation is 1. The number of nitrogens with one attached hydrogen (secondary N) is 3. The predicted molar refractivity (Wildman–Crippen MR) is 77.3 cm³/mol. The van der Waals surface area contributed by atoms with Crippen molar-refractivity contribution < 1.29 is 13.2 Å². The van der Waals surface area contributed by atoms with Crippen molar-refractivity contribution in [1.82, 2.24) is 20.2 Å². The fraction of sp³-hybridized carbons (Fsp3) is 0.769. The maximum atomic E-state index is 12.4. The Labute approximate surface area is 124 Å². The zero-order chi connectivity index (χ0) is 14.9. The van der Waals surface area contributed by atoms with Crippen LogP contribution in [0.1, 0.15) is 30.5 Å². The molecule has 0 amide bonds. The van der Waals surface area contributed by atoms with Crippen LogP contribution in [-0.2, 0) is 21.3 Å². The summed E-state index contributed by atoms with van der Waals surface area (Å²) in [5, 5.41) is 10.2. The molecule has 0 radical (unpaired) electrons. The SMILES string of the molecule is Cc1[nH]nc(S(=O)(=O)NCC2CCOC2)c1CNC1CC1. The molecule has 21 heavy (non-hydrogen) atoms. The van der Waals surface area contributed by atoms with Gasteiger partial charge in [-0.2, -0.15) is 5.10 Å². The Balaban J connectivity index is 1.68. The van der Waals surface area contributed by atoms with Crippen molar-refractivity contribution in [3.05, 3.63) is 11.3 Å². The highest BCUT2D eigenvalue weighted by Gasteiger charge is 2.27. The highest BCUT2D eigenvalue weighted by molar-refractivity contribution is 7.89. The van der Waals surface area contributed by atoms with E-state index in [1.54, 1.807) is 0 Å². The van der Waals surface area contributed by atoms with Gasteiger partial charge in [-0.3, -0.25) is 5.10 Å². The van der Waals surface area contributed by atoms with Gasteiger partial charge in [-0.15, -0.1) is 0 Å². The molecule has 2 fully saturated rings. The number of ether oxygens (including phenoxy) is 1. The first-order valence-electron chi connectivity index (χ1n) is 7.41. The number of nitrogens with zero attached hydrogens (tertiary/aromatic N) is 1. The zero-order valence-corrected chi connectivity index (χ0v) is 13.0. The summed E-state index contributed by atoms with van der Waals surface area (Å²) in [6.45, 7) is 4.13. The van der Waals surface area contributed by atoms with Crippen LogP contribution in [0.3, 0.4) is 0 Å². The molecule has 1 aliphatic heterocycles. The molecule has 0 aromatic carbocycles. The lowest BCUT2D eigenvalue weighted by Crippen LogP contribution is -2.31. The maximum Gasteiger partial charge on any atom is 0.260 e. The standard InChI is InChI=1S/C13H22N4O3S/c1-9-12(7-14-11-2-3-11)13(17-16-9)21(18,19)15-6-10-4-5-20-8-10/h10-11,14-15H,2-8H2,1H3,(H,16,17). The van der Waals surface area contributed by atoms with Crippen LogP contribution < -0.4 is 10.0 Å². The van der Waals surface area contributed by atoms with Crippen LogP contribution in [0.15, 0.2) is 5.03 Å². The molecular formula is C13H22N4O3S. The quantitative estimate of drug-likeness (QED) is 0.672. The first kappa shape index (κ1) is 15.0. The number of sulfonamides is 1. The third-order valence-electron chi connectivity index (χ3n) is 4.02. The lowest BCUT2D eigenvalue weighted by Gasteiger charge is -2.10. The third-order valence-corrected chi connectivity index (χ3v) is 5.41. The van der Waals surface area contributed by atoms with Gasteiger partial charge in [-0.25, -0.2) is 13.1 Å². The van der Waals surface area contributed by atoms with Crippen molar-refractivity contribution in [1.29, 1.82) is 0 Å². The minimum Gasteiger partial charge on any atom is -0.381 e. The first-order chi connectivity index (χ1) is 10.1. The second-order valence-electron chi connectivity index (χ2n) is 5.87. The number of H-pyrrole nitrogens is 1. The van der Waals surface area contributed by atoms with E-state index in [9.17, 15) is 8.42 Å². The van der Waals surface area contributed by atoms with Crippen molar-refractivity contribution in [2.45, 2.75) is 43.8 Å². The van der Waals surface area contributed by atoms with Gasteiger partial charge in [0, 0.05) is 37.0 Å². The van der Waals surface area contributed by atoms with Crippen LogP contribution >= 0.6 is 0 Å². The lowest BCUT2D eigenvalue weighted by molar-refractivity contribution is 0.186. The van der Waals surface area contributed by atoms with E-state index in [1.165, 1.54) is 12.8 Å². The minimum atomic E-state index is -3.57. The van der Waals surface area contributed by atoms with Crippen LogP contribution in [0.4, 0.5) is 0 Å². The molecule has 2 heterocycles. The van der Waals surface area contributed by atoms with Gasteiger partial charge in [-0.05, 0) is 32.1 Å². The molecule has 1 aromatic rings. The summed E-state index contributed by atoms with van der Waals surface area (Å²) in [6, 6.07) is 0.526. The number of aromatic nitrogens is 2. The largest absolute Gasteiger partial charge is 0.381 e. The molecule has 1 saturated carbocycles. The summed E-state index contributed by atoms with van der Waals surface area (Å²) in [5.41, 5.74) is 1.53. The molecular weight excluding hydrogens is 292 g/mol. The Morgan fingerprint density at radius 1 is 1.38 bits per heavy atom. The van der Waals surface area contributed by atoms with Gasteiger partial charge in [0.05, 0.1) is 6.61 Å². The van der Waals surface area contributed by atoms with E-state index >= 15 is 0 Å². The predicted octanol–water partition coefficient (Wildman–Crippen LogP) is 0.285. The molecule has 118 valence electrons. The van der Waals surface area contributed by atoms with Crippen LogP contribution in [-0.4, -0.2) is 44.4 Å². The van der Waals surface area contributed by atoms with E-state index < -0.39 is 10.0 Å². The summed E-state index contributed by atoms with van der Waals surface area (Å²) >= 11 is 0. The number of hydrogen-bond donors (Lipinski definition) is 3. The second kappa shape index (κ2) is 6.04. The molecule has 1 atom stereocenters. The Morgan fingerprint density at radius 2 is 2.19 bits per heavy atom. The second-order valence-corrected chi connectivity index (χ2v) is 7.55. The molecule has 3 rings (SSSR count). The van der Waals surface area contributed by atoms with Crippen LogP contribution in [0.2, 0.25) is 0 Å². The van der Waals surface area contributed by atoms with Crippen molar-refractivity contribution in [3.8, 4) is 0 Å². The molecule has 7 nitrogen and oxygen atoms in total. The van der Waals surface area contributed by atoms with Crippen LogP contribution in [0.25, 0.3) is 0 Å². The Hall–Kier alpha value is -0.960. The summed E-state index contributed by atoms with van der Waals surface area (Å²) in [5.74, 6) is 0.257. The molecule has 1 aromatic heterocycles. The molecule has 2 aliphatic rings. The first-order valence-corrected chi connectivity index (χ1v) is 8.89. The molecule has 3 N–H and O–H groups in total. The third kappa shape index (κ3) is 3.63. The van der Waals surface area contributed by atoms with Gasteiger partial charge < -0.3 is 10.1 Å². The molecule has 1 aliphatic carbocycles. The fourth-order valence-corrected chi connectivity index (χ4v) is 3.74. The topological polar surface area (TPSA) is 96.1 Å². The van der Waals surface area contributed by atoms with Gasteiger partial charge in [-0.1, -0.05) is 0 Å². The summed E-state index contributed by atoms with van der Waals surface area (Å²) in [6.07, 6.45) is 3.23. The smallest absolute Gasteiger partial charge is 0.260 e. The zero-order valence-electron chi connectivity index (χ0n) is 12.2.